The van der Waals surface area contributed by atoms with Gasteiger partial charge in [0.1, 0.15) is 6.10 Å². The van der Waals surface area contributed by atoms with Crippen molar-refractivity contribution in [2.75, 3.05) is 26.8 Å². The van der Waals surface area contributed by atoms with Crippen molar-refractivity contribution in [1.29, 1.82) is 0 Å². The van der Waals surface area contributed by atoms with Gasteiger partial charge in [0.2, 0.25) is 0 Å². The van der Waals surface area contributed by atoms with Gasteiger partial charge in [0, 0.05) is 26.6 Å². The first-order valence-electron chi connectivity index (χ1n) is 6.24. The topological polar surface area (TPSA) is 38.8 Å². The number of carbonyl (C=O) groups excluding carboxylic acids is 1. The Morgan fingerprint density at radius 3 is 2.78 bits per heavy atom. The lowest BCUT2D eigenvalue weighted by Gasteiger charge is -2.16. The van der Waals surface area contributed by atoms with Gasteiger partial charge >= 0.3 is 0 Å². The van der Waals surface area contributed by atoms with Crippen molar-refractivity contribution >= 4 is 5.91 Å². The number of carbonyl (C=O) groups is 1. The van der Waals surface area contributed by atoms with E-state index in [0.717, 1.165) is 18.5 Å². The highest BCUT2D eigenvalue weighted by atomic mass is 16.5. The zero-order chi connectivity index (χ0) is 12.8. The van der Waals surface area contributed by atoms with E-state index < -0.39 is 0 Å². The van der Waals surface area contributed by atoms with E-state index >= 15 is 0 Å². The number of hydrogen-bond acceptors (Lipinski definition) is 3. The maximum Gasteiger partial charge on any atom is 0.251 e. The first-order valence-corrected chi connectivity index (χ1v) is 6.24. The average molecular weight is 249 g/mol. The van der Waals surface area contributed by atoms with Crippen molar-refractivity contribution in [2.45, 2.75) is 19.1 Å². The summed E-state index contributed by atoms with van der Waals surface area (Å²) >= 11 is 0. The van der Waals surface area contributed by atoms with Gasteiger partial charge < -0.3 is 14.4 Å². The number of ether oxygens (including phenoxy) is 2. The molecule has 1 atom stereocenters. The summed E-state index contributed by atoms with van der Waals surface area (Å²) in [4.78, 5) is 13.6. The van der Waals surface area contributed by atoms with Crippen molar-refractivity contribution < 1.29 is 14.3 Å². The molecule has 1 aliphatic rings. The summed E-state index contributed by atoms with van der Waals surface area (Å²) in [5, 5.41) is 0. The number of rotatable bonds is 6. The van der Waals surface area contributed by atoms with Crippen LogP contribution in [0.15, 0.2) is 30.3 Å². The smallest absolute Gasteiger partial charge is 0.251 e. The number of benzene rings is 1. The normalized spacial score (nSPS) is 19.5. The van der Waals surface area contributed by atoms with Crippen LogP contribution in [-0.2, 0) is 20.9 Å². The molecule has 1 aromatic carbocycles. The molecule has 0 aromatic heterocycles. The molecule has 0 spiro atoms. The third-order valence-corrected chi connectivity index (χ3v) is 3.15. The van der Waals surface area contributed by atoms with Crippen LogP contribution in [0.5, 0.6) is 0 Å². The molecule has 4 heteroatoms. The number of hydrogen-bond donors (Lipinski definition) is 0. The molecule has 0 aliphatic carbocycles. The van der Waals surface area contributed by atoms with Crippen LogP contribution in [0.3, 0.4) is 0 Å². The minimum Gasteiger partial charge on any atom is -0.375 e. The Hall–Kier alpha value is -1.39. The largest absolute Gasteiger partial charge is 0.375 e. The molecule has 0 unspecified atom stereocenters. The van der Waals surface area contributed by atoms with Gasteiger partial charge in [0.15, 0.2) is 0 Å². The first kappa shape index (κ1) is 13.1. The van der Waals surface area contributed by atoms with E-state index in [1.807, 2.05) is 30.3 Å². The SMILES string of the molecule is CO[C@H]1CCN(CCOCc2ccccc2)C1=O. The highest BCUT2D eigenvalue weighted by Crippen LogP contribution is 2.13. The maximum atomic E-state index is 11.7. The van der Waals surface area contributed by atoms with Crippen LogP contribution in [0, 0.1) is 0 Å². The predicted molar refractivity (Wildman–Crippen MR) is 68.1 cm³/mol. The lowest BCUT2D eigenvalue weighted by atomic mass is 10.2. The van der Waals surface area contributed by atoms with E-state index in [0.29, 0.717) is 19.8 Å². The van der Waals surface area contributed by atoms with Gasteiger partial charge in [-0.25, -0.2) is 0 Å². The van der Waals surface area contributed by atoms with Crippen LogP contribution in [0.4, 0.5) is 0 Å². The van der Waals surface area contributed by atoms with Gasteiger partial charge in [0.25, 0.3) is 5.91 Å². The summed E-state index contributed by atoms with van der Waals surface area (Å²) in [5.41, 5.74) is 1.15. The fourth-order valence-electron chi connectivity index (χ4n) is 2.09. The highest BCUT2D eigenvalue weighted by Gasteiger charge is 2.30. The second-order valence-electron chi connectivity index (χ2n) is 4.38. The molecule has 1 heterocycles. The fraction of sp³-hybridized carbons (Fsp3) is 0.500. The highest BCUT2D eigenvalue weighted by molar-refractivity contribution is 5.82. The van der Waals surface area contributed by atoms with Crippen LogP contribution in [0.2, 0.25) is 0 Å². The second kappa shape index (κ2) is 6.52. The zero-order valence-electron chi connectivity index (χ0n) is 10.7. The van der Waals surface area contributed by atoms with Gasteiger partial charge in [-0.15, -0.1) is 0 Å². The van der Waals surface area contributed by atoms with E-state index in [2.05, 4.69) is 0 Å². The molecule has 4 nitrogen and oxygen atoms in total. The Morgan fingerprint density at radius 1 is 1.33 bits per heavy atom. The third-order valence-electron chi connectivity index (χ3n) is 3.15. The molecule has 1 aromatic rings. The van der Waals surface area contributed by atoms with Crippen LogP contribution in [0.25, 0.3) is 0 Å². The molecule has 1 fully saturated rings. The molecule has 18 heavy (non-hydrogen) atoms. The summed E-state index contributed by atoms with van der Waals surface area (Å²) in [5.74, 6) is 0.0841. The maximum absolute atomic E-state index is 11.7. The Morgan fingerprint density at radius 2 is 2.11 bits per heavy atom. The van der Waals surface area contributed by atoms with Gasteiger partial charge in [-0.2, -0.15) is 0 Å². The van der Waals surface area contributed by atoms with Crippen LogP contribution in [0.1, 0.15) is 12.0 Å². The third kappa shape index (κ3) is 3.31. The van der Waals surface area contributed by atoms with E-state index in [1.54, 1.807) is 12.0 Å². The monoisotopic (exact) mass is 249 g/mol. The second-order valence-corrected chi connectivity index (χ2v) is 4.38. The minimum absolute atomic E-state index is 0.0841. The standard InChI is InChI=1S/C14H19NO3/c1-17-13-7-8-15(14(13)16)9-10-18-11-12-5-3-2-4-6-12/h2-6,13H,7-11H2,1H3/t13-/m0/s1. The first-order chi connectivity index (χ1) is 8.81. The Balaban J connectivity index is 1.66. The molecule has 1 amide bonds. The molecule has 1 aliphatic heterocycles. The summed E-state index contributed by atoms with van der Waals surface area (Å²) in [6, 6.07) is 10.0. The quantitative estimate of drug-likeness (QED) is 0.716. The van der Waals surface area contributed by atoms with Crippen molar-refractivity contribution in [3.8, 4) is 0 Å². The van der Waals surface area contributed by atoms with Gasteiger partial charge in [-0.1, -0.05) is 30.3 Å². The van der Waals surface area contributed by atoms with Crippen molar-refractivity contribution in [2.24, 2.45) is 0 Å². The number of amides is 1. The van der Waals surface area contributed by atoms with E-state index in [4.69, 9.17) is 9.47 Å². The Kier molecular flexibility index (Phi) is 4.73. The van der Waals surface area contributed by atoms with Crippen LogP contribution in [-0.4, -0.2) is 43.7 Å². The van der Waals surface area contributed by atoms with Crippen molar-refractivity contribution in [3.63, 3.8) is 0 Å². The molecule has 1 saturated heterocycles. The molecule has 0 N–H and O–H groups in total. The van der Waals surface area contributed by atoms with Crippen molar-refractivity contribution in [1.82, 2.24) is 4.90 Å². The van der Waals surface area contributed by atoms with E-state index in [9.17, 15) is 4.79 Å². The average Bonchev–Trinajstić information content (AvgIpc) is 2.77. The zero-order valence-corrected chi connectivity index (χ0v) is 10.7. The molecule has 0 radical (unpaired) electrons. The van der Waals surface area contributed by atoms with E-state index in [-0.39, 0.29) is 12.0 Å². The van der Waals surface area contributed by atoms with Gasteiger partial charge in [-0.3, -0.25) is 4.79 Å². The molecular weight excluding hydrogens is 230 g/mol. The summed E-state index contributed by atoms with van der Waals surface area (Å²) < 4.78 is 10.7. The molecule has 2 rings (SSSR count). The summed E-state index contributed by atoms with van der Waals surface area (Å²) in [7, 11) is 1.58. The van der Waals surface area contributed by atoms with Gasteiger partial charge in [0.05, 0.1) is 13.2 Å². The Labute approximate surface area is 107 Å². The summed E-state index contributed by atoms with van der Waals surface area (Å²) in [6.45, 7) is 2.57. The number of nitrogens with zero attached hydrogens (tertiary/aromatic N) is 1. The minimum atomic E-state index is -0.251. The van der Waals surface area contributed by atoms with Crippen molar-refractivity contribution in [3.05, 3.63) is 35.9 Å². The molecule has 0 bridgehead atoms. The van der Waals surface area contributed by atoms with E-state index in [1.165, 1.54) is 0 Å². The van der Waals surface area contributed by atoms with Crippen LogP contribution >= 0.6 is 0 Å². The molecule has 0 saturated carbocycles. The Bertz CT molecular complexity index is 380. The lowest BCUT2D eigenvalue weighted by Crippen LogP contribution is -2.32. The summed E-state index contributed by atoms with van der Waals surface area (Å²) in [6.07, 6.45) is 0.535. The number of likely N-dealkylation sites (tertiary alicyclic amines) is 1. The molecule has 98 valence electrons. The fourth-order valence-corrected chi connectivity index (χ4v) is 2.09. The number of methoxy groups -OCH3 is 1. The lowest BCUT2D eigenvalue weighted by molar-refractivity contribution is -0.136. The predicted octanol–water partition coefficient (Wildman–Crippen LogP) is 1.45. The van der Waals surface area contributed by atoms with Gasteiger partial charge in [-0.05, 0) is 5.56 Å². The van der Waals surface area contributed by atoms with Crippen LogP contribution < -0.4 is 0 Å². The molecular formula is C14H19NO3.